The SMILES string of the molecule is O=P([O-])([O-])O[C@@H]1[C@@H](O)[C@@H](O[C@H]2[C@@H](OP(=O)([O-])[O-])[C@H](n3ccc4c(F)cccc43)O[C@@H]2CO)O[C@H](CO)[C@H]1OP(=O)([O-])[O-].[Na+].[Na+].[Na+].[Na+].[Na+].[Na+]. The summed E-state index contributed by atoms with van der Waals surface area (Å²) >= 11 is 0. The van der Waals surface area contributed by atoms with Crippen LogP contribution in [0.4, 0.5) is 4.39 Å². The second-order valence-electron chi connectivity index (χ2n) is 9.01. The molecule has 2 saturated heterocycles. The average Bonchev–Trinajstić information content (AvgIpc) is 3.42. The summed E-state index contributed by atoms with van der Waals surface area (Å²) in [6, 6.07) is 5.10. The van der Waals surface area contributed by atoms with Gasteiger partial charge in [-0.3, -0.25) is 0 Å². The summed E-state index contributed by atoms with van der Waals surface area (Å²) in [4.78, 5) is 68.4. The van der Waals surface area contributed by atoms with E-state index in [-0.39, 0.29) is 188 Å². The van der Waals surface area contributed by atoms with Crippen LogP contribution in [0.3, 0.4) is 0 Å². The largest absolute Gasteiger partial charge is 1.00 e. The Hall–Kier alpha value is 4.78. The molecular weight excluding hydrogens is 780 g/mol. The topological polar surface area (TPSA) is 311 Å². The number of aliphatic hydroxyl groups is 3. The fourth-order valence-electron chi connectivity index (χ4n) is 4.73. The van der Waals surface area contributed by atoms with Gasteiger partial charge >= 0.3 is 177 Å². The number of hydrogen-bond donors (Lipinski definition) is 3. The van der Waals surface area contributed by atoms with Crippen molar-refractivity contribution in [1.82, 2.24) is 4.57 Å². The predicted octanol–water partition coefficient (Wildman–Crippen LogP) is -23.2. The van der Waals surface area contributed by atoms with Crippen molar-refractivity contribution in [2.75, 3.05) is 13.2 Å². The van der Waals surface area contributed by atoms with Gasteiger partial charge in [0.05, 0.1) is 42.2 Å². The molecule has 0 amide bonds. The van der Waals surface area contributed by atoms with E-state index in [4.69, 9.17) is 14.2 Å². The number of aliphatic hydroxyl groups excluding tert-OH is 3. The standard InChI is InChI=1S/C19H27FNO18P3.6Na/c20-9-2-1-3-10-8(9)4-5-21(10)18-17(39-42(31,32)33)14(11(6-22)34-18)36-19-13(24)16(38-41(28,29)30)15(12(7-23)35-19)37-40(25,26)27;;;;;;/h1-5,11-19,22-24H,6-7H2,(H2,25,26,27)(H2,28,29,30)(H2,31,32,33);;;;;;/q;6*+1/p-6/t11-,12-,13-,14-,15-,16-,17-,18-,19-;;;;;;/m1....../s1. The Balaban J connectivity index is -0.00000337. The molecule has 9 atom stereocenters. The van der Waals surface area contributed by atoms with E-state index >= 15 is 0 Å². The second-order valence-corrected chi connectivity index (χ2v) is 12.3. The van der Waals surface area contributed by atoms with Crippen LogP contribution in [0, 0.1) is 5.82 Å². The summed E-state index contributed by atoms with van der Waals surface area (Å²) in [6.45, 7) is -2.22. The van der Waals surface area contributed by atoms with E-state index in [0.29, 0.717) is 0 Å². The van der Waals surface area contributed by atoms with Crippen LogP contribution in [0.1, 0.15) is 6.23 Å². The minimum Gasteiger partial charge on any atom is -0.790 e. The average molecular weight is 801 g/mol. The van der Waals surface area contributed by atoms with Gasteiger partial charge in [-0.25, -0.2) is 4.39 Å². The summed E-state index contributed by atoms with van der Waals surface area (Å²) in [5, 5.41) is 30.4. The first-order valence-electron chi connectivity index (χ1n) is 11.6. The fraction of sp³-hybridized carbons (Fsp3) is 0.579. The third-order valence-electron chi connectivity index (χ3n) is 6.29. The maximum Gasteiger partial charge on any atom is 1.00 e. The van der Waals surface area contributed by atoms with Crippen LogP contribution >= 0.6 is 23.5 Å². The molecular formula is C19H21FNNa6O18P3. The molecule has 2 aliphatic rings. The molecule has 0 radical (unpaired) electrons. The molecule has 1 aromatic heterocycles. The number of halogens is 1. The molecule has 0 spiro atoms. The molecule has 3 N–H and O–H groups in total. The molecule has 29 heteroatoms. The Labute approximate surface area is 405 Å². The Morgan fingerprint density at radius 3 is 1.71 bits per heavy atom. The van der Waals surface area contributed by atoms with E-state index in [1.807, 2.05) is 0 Å². The van der Waals surface area contributed by atoms with Crippen molar-refractivity contribution in [3.63, 3.8) is 0 Å². The van der Waals surface area contributed by atoms with E-state index in [1.54, 1.807) is 0 Å². The quantitative estimate of drug-likeness (QED) is 0.140. The van der Waals surface area contributed by atoms with Gasteiger partial charge in [-0.2, -0.15) is 0 Å². The molecule has 48 heavy (non-hydrogen) atoms. The summed E-state index contributed by atoms with van der Waals surface area (Å²) in [5.74, 6) is -0.683. The van der Waals surface area contributed by atoms with Crippen LogP contribution in [0.25, 0.3) is 10.9 Å². The van der Waals surface area contributed by atoms with Gasteiger partial charge in [-0.05, 0) is 18.2 Å². The van der Waals surface area contributed by atoms with Gasteiger partial charge < -0.3 is 90.7 Å². The van der Waals surface area contributed by atoms with E-state index in [9.17, 15) is 62.8 Å². The minimum absolute atomic E-state index is 0. The summed E-state index contributed by atoms with van der Waals surface area (Å²) in [6.07, 6.45) is -17.7. The smallest absolute Gasteiger partial charge is 0.790 e. The maximum absolute atomic E-state index is 14.3. The van der Waals surface area contributed by atoms with Crippen LogP contribution in [0.5, 0.6) is 0 Å². The third kappa shape index (κ3) is 15.3. The van der Waals surface area contributed by atoms with E-state index in [0.717, 1.165) is 10.6 Å². The van der Waals surface area contributed by atoms with E-state index in [1.165, 1.54) is 24.4 Å². The number of nitrogens with zero attached hydrogens (tertiary/aromatic N) is 1. The first kappa shape index (κ1) is 57.1. The van der Waals surface area contributed by atoms with Crippen LogP contribution in [0.2, 0.25) is 0 Å². The molecule has 0 unspecified atom stereocenters. The van der Waals surface area contributed by atoms with Gasteiger partial charge in [-0.15, -0.1) is 0 Å². The maximum atomic E-state index is 14.3. The molecule has 3 heterocycles. The van der Waals surface area contributed by atoms with Crippen molar-refractivity contribution in [3.05, 3.63) is 36.3 Å². The predicted molar refractivity (Wildman–Crippen MR) is 117 cm³/mol. The molecule has 19 nitrogen and oxygen atoms in total. The Morgan fingerprint density at radius 2 is 1.21 bits per heavy atom. The minimum atomic E-state index is -6.07. The molecule has 2 fully saturated rings. The summed E-state index contributed by atoms with van der Waals surface area (Å²) in [7, 11) is -18.0. The van der Waals surface area contributed by atoms with Crippen molar-refractivity contribution >= 4 is 34.4 Å². The molecule has 0 saturated carbocycles. The van der Waals surface area contributed by atoms with E-state index in [2.05, 4.69) is 13.6 Å². The fourth-order valence-corrected chi connectivity index (χ4v) is 6.35. The number of phosphoric acid groups is 3. The monoisotopic (exact) mass is 801 g/mol. The Morgan fingerprint density at radius 1 is 0.729 bits per heavy atom. The van der Waals surface area contributed by atoms with Crippen LogP contribution in [0.15, 0.2) is 30.5 Å². The van der Waals surface area contributed by atoms with Crippen LogP contribution < -0.4 is 207 Å². The molecule has 4 rings (SSSR count). The molecule has 0 aliphatic carbocycles. The first-order valence-corrected chi connectivity index (χ1v) is 16.0. The number of ether oxygens (including phenoxy) is 3. The van der Waals surface area contributed by atoms with Crippen molar-refractivity contribution in [2.24, 2.45) is 0 Å². The number of phosphoric ester groups is 3. The molecule has 2 aromatic rings. The van der Waals surface area contributed by atoms with E-state index < -0.39 is 97.7 Å². The van der Waals surface area contributed by atoms with Crippen molar-refractivity contribution < 1.29 is 268 Å². The number of fused-ring (bicyclic) bond motifs is 1. The zero-order valence-corrected chi connectivity index (χ0v) is 41.3. The normalized spacial score (nSPS) is 28.8. The van der Waals surface area contributed by atoms with Gasteiger partial charge in [0.1, 0.15) is 48.5 Å². The van der Waals surface area contributed by atoms with Gasteiger partial charge in [0, 0.05) is 11.6 Å². The van der Waals surface area contributed by atoms with Crippen molar-refractivity contribution in [2.45, 2.75) is 55.2 Å². The summed E-state index contributed by atoms with van der Waals surface area (Å²) < 4.78 is 78.9. The Bertz CT molecular complexity index is 1420. The number of benzene rings is 1. The van der Waals surface area contributed by atoms with Crippen LogP contribution in [-0.4, -0.2) is 82.1 Å². The zero-order chi connectivity index (χ0) is 31.2. The second kappa shape index (κ2) is 23.9. The van der Waals surface area contributed by atoms with Crippen molar-refractivity contribution in [1.29, 1.82) is 0 Å². The summed E-state index contributed by atoms with van der Waals surface area (Å²) in [5.41, 5.74) is 0.113. The van der Waals surface area contributed by atoms with Gasteiger partial charge in [-0.1, -0.05) is 6.07 Å². The zero-order valence-electron chi connectivity index (χ0n) is 26.6. The van der Waals surface area contributed by atoms with Gasteiger partial charge in [0.2, 0.25) is 0 Å². The Kier molecular flexibility index (Phi) is 28.4. The third-order valence-corrected chi connectivity index (χ3v) is 7.79. The number of hydrogen-bond acceptors (Lipinski definition) is 18. The molecule has 2 aliphatic heterocycles. The first-order chi connectivity index (χ1) is 19.4. The van der Waals surface area contributed by atoms with Crippen molar-refractivity contribution in [3.8, 4) is 0 Å². The molecule has 238 valence electrons. The van der Waals surface area contributed by atoms with Gasteiger partial charge in [0.15, 0.2) is 12.5 Å². The number of aromatic nitrogens is 1. The van der Waals surface area contributed by atoms with Crippen LogP contribution in [-0.2, 0) is 41.5 Å². The number of rotatable bonds is 11. The molecule has 0 bridgehead atoms. The molecule has 1 aromatic carbocycles. The van der Waals surface area contributed by atoms with Gasteiger partial charge in [0.25, 0.3) is 0 Å².